The molecular weight excluding hydrogens is 199 g/mol. The number of ether oxygens (including phenoxy) is 1. The first-order valence-corrected chi connectivity index (χ1v) is 4.08. The lowest BCUT2D eigenvalue weighted by atomic mass is 10.4. The van der Waals surface area contributed by atoms with E-state index in [9.17, 15) is 0 Å². The van der Waals surface area contributed by atoms with Crippen molar-refractivity contribution in [1.29, 1.82) is 0 Å². The summed E-state index contributed by atoms with van der Waals surface area (Å²) in [4.78, 5) is 7.94. The van der Waals surface area contributed by atoms with Gasteiger partial charge in [-0.15, -0.1) is 0 Å². The zero-order chi connectivity index (χ0) is 9.14. The molecule has 1 heterocycles. The van der Waals surface area contributed by atoms with E-state index in [1.165, 1.54) is 0 Å². The van der Waals surface area contributed by atoms with Crippen molar-refractivity contribution < 1.29 is 4.74 Å². The molecule has 0 N–H and O–H groups in total. The number of rotatable bonds is 2. The molecule has 0 fully saturated rings. The van der Waals surface area contributed by atoms with Crippen molar-refractivity contribution >= 4 is 23.2 Å². The van der Waals surface area contributed by atoms with Crippen LogP contribution >= 0.6 is 23.2 Å². The number of hydrogen-bond donors (Lipinski definition) is 0. The van der Waals surface area contributed by atoms with E-state index >= 15 is 0 Å². The second kappa shape index (κ2) is 4.03. The first-order chi connectivity index (χ1) is 5.65. The van der Waals surface area contributed by atoms with E-state index in [0.717, 1.165) is 0 Å². The SMILES string of the molecule is COCc1nc(Cl)c(C)c(Cl)n1. The molecule has 0 atom stereocenters. The fourth-order valence-electron chi connectivity index (χ4n) is 0.698. The van der Waals surface area contributed by atoms with Crippen LogP contribution < -0.4 is 0 Å². The number of hydrogen-bond acceptors (Lipinski definition) is 3. The lowest BCUT2D eigenvalue weighted by Crippen LogP contribution is -1.99. The molecule has 0 saturated carbocycles. The van der Waals surface area contributed by atoms with Gasteiger partial charge < -0.3 is 4.74 Å². The van der Waals surface area contributed by atoms with Gasteiger partial charge in [-0.05, 0) is 6.92 Å². The van der Waals surface area contributed by atoms with E-state index in [4.69, 9.17) is 27.9 Å². The molecule has 5 heteroatoms. The molecule has 1 aromatic heterocycles. The van der Waals surface area contributed by atoms with Crippen LogP contribution in [0.1, 0.15) is 11.4 Å². The fourth-order valence-corrected chi connectivity index (χ4v) is 1.12. The summed E-state index contributed by atoms with van der Waals surface area (Å²) in [6.45, 7) is 2.08. The minimum Gasteiger partial charge on any atom is -0.377 e. The summed E-state index contributed by atoms with van der Waals surface area (Å²) >= 11 is 11.5. The Kier molecular flexibility index (Phi) is 3.26. The second-order valence-electron chi connectivity index (χ2n) is 2.28. The summed E-state index contributed by atoms with van der Waals surface area (Å²) < 4.78 is 4.84. The fraction of sp³-hybridized carbons (Fsp3) is 0.429. The predicted octanol–water partition coefficient (Wildman–Crippen LogP) is 2.24. The predicted molar refractivity (Wildman–Crippen MR) is 47.5 cm³/mol. The molecule has 1 aromatic rings. The largest absolute Gasteiger partial charge is 0.377 e. The van der Waals surface area contributed by atoms with Gasteiger partial charge in [-0.3, -0.25) is 0 Å². The van der Waals surface area contributed by atoms with Crippen LogP contribution in [0, 0.1) is 6.92 Å². The molecule has 0 amide bonds. The van der Waals surface area contributed by atoms with E-state index in [1.807, 2.05) is 0 Å². The Morgan fingerprint density at radius 2 is 1.75 bits per heavy atom. The molecule has 0 aromatic carbocycles. The first-order valence-electron chi connectivity index (χ1n) is 3.32. The van der Waals surface area contributed by atoms with Crippen LogP contribution in [0.4, 0.5) is 0 Å². The minimum absolute atomic E-state index is 0.319. The Labute approximate surface area is 80.7 Å². The van der Waals surface area contributed by atoms with Crippen molar-refractivity contribution in [1.82, 2.24) is 9.97 Å². The van der Waals surface area contributed by atoms with Crippen LogP contribution in [-0.2, 0) is 11.3 Å². The average Bonchev–Trinajstić information content (AvgIpc) is 2.01. The highest BCUT2D eigenvalue weighted by Gasteiger charge is 2.06. The highest BCUT2D eigenvalue weighted by molar-refractivity contribution is 6.34. The van der Waals surface area contributed by atoms with Gasteiger partial charge in [0, 0.05) is 12.7 Å². The molecule has 0 aliphatic heterocycles. The van der Waals surface area contributed by atoms with Crippen molar-refractivity contribution in [3.05, 3.63) is 21.7 Å². The Balaban J connectivity index is 3.04. The monoisotopic (exact) mass is 206 g/mol. The number of methoxy groups -OCH3 is 1. The molecule has 0 unspecified atom stereocenters. The van der Waals surface area contributed by atoms with Crippen LogP contribution in [0.3, 0.4) is 0 Å². The van der Waals surface area contributed by atoms with Crippen molar-refractivity contribution in [2.45, 2.75) is 13.5 Å². The minimum atomic E-state index is 0.319. The number of aromatic nitrogens is 2. The first kappa shape index (κ1) is 9.71. The Bertz CT molecular complexity index is 268. The van der Waals surface area contributed by atoms with E-state index in [0.29, 0.717) is 28.3 Å². The summed E-state index contributed by atoms with van der Waals surface area (Å²) in [6.07, 6.45) is 0. The zero-order valence-electron chi connectivity index (χ0n) is 6.77. The average molecular weight is 207 g/mol. The summed E-state index contributed by atoms with van der Waals surface area (Å²) in [5, 5.41) is 0.754. The van der Waals surface area contributed by atoms with E-state index in [-0.39, 0.29) is 0 Å². The maximum absolute atomic E-state index is 5.76. The Morgan fingerprint density at radius 1 is 1.25 bits per heavy atom. The molecular formula is C7H8Cl2N2O. The molecule has 0 aliphatic rings. The van der Waals surface area contributed by atoms with Gasteiger partial charge in [-0.2, -0.15) is 0 Å². The summed E-state index contributed by atoms with van der Waals surface area (Å²) in [5.74, 6) is 0.498. The molecule has 3 nitrogen and oxygen atoms in total. The third-order valence-corrected chi connectivity index (χ3v) is 2.08. The van der Waals surface area contributed by atoms with Gasteiger partial charge in [-0.25, -0.2) is 9.97 Å². The lowest BCUT2D eigenvalue weighted by molar-refractivity contribution is 0.177. The van der Waals surface area contributed by atoms with Crippen LogP contribution in [-0.4, -0.2) is 17.1 Å². The summed E-state index contributed by atoms with van der Waals surface area (Å²) in [7, 11) is 1.56. The van der Waals surface area contributed by atoms with Gasteiger partial charge in [0.15, 0.2) is 5.82 Å². The molecule has 66 valence electrons. The summed E-state index contributed by atoms with van der Waals surface area (Å²) in [6, 6.07) is 0. The molecule has 0 radical (unpaired) electrons. The molecule has 0 spiro atoms. The highest BCUT2D eigenvalue weighted by atomic mass is 35.5. The molecule has 0 aliphatic carbocycles. The van der Waals surface area contributed by atoms with Crippen molar-refractivity contribution in [2.75, 3.05) is 7.11 Å². The van der Waals surface area contributed by atoms with Gasteiger partial charge >= 0.3 is 0 Å². The lowest BCUT2D eigenvalue weighted by Gasteiger charge is -2.02. The van der Waals surface area contributed by atoms with Gasteiger partial charge in [-0.1, -0.05) is 23.2 Å². The van der Waals surface area contributed by atoms with E-state index < -0.39 is 0 Å². The Morgan fingerprint density at radius 3 is 2.17 bits per heavy atom. The van der Waals surface area contributed by atoms with Gasteiger partial charge in [0.1, 0.15) is 16.9 Å². The van der Waals surface area contributed by atoms with Crippen molar-refractivity contribution in [3.63, 3.8) is 0 Å². The second-order valence-corrected chi connectivity index (χ2v) is 3.00. The molecule has 12 heavy (non-hydrogen) atoms. The zero-order valence-corrected chi connectivity index (χ0v) is 8.28. The normalized spacial score (nSPS) is 10.3. The van der Waals surface area contributed by atoms with Crippen LogP contribution in [0.5, 0.6) is 0 Å². The third kappa shape index (κ3) is 2.06. The standard InChI is InChI=1S/C7H8Cl2N2O/c1-4-6(8)10-5(3-12-2)11-7(4)9/h3H2,1-2H3. The summed E-state index contributed by atoms with van der Waals surface area (Å²) in [5.41, 5.74) is 0.693. The van der Waals surface area contributed by atoms with Gasteiger partial charge in [0.2, 0.25) is 0 Å². The maximum Gasteiger partial charge on any atom is 0.157 e. The smallest absolute Gasteiger partial charge is 0.157 e. The number of halogens is 2. The van der Waals surface area contributed by atoms with Gasteiger partial charge in [0.25, 0.3) is 0 Å². The highest BCUT2D eigenvalue weighted by Crippen LogP contribution is 2.19. The Hall–Kier alpha value is -0.380. The quantitative estimate of drug-likeness (QED) is 0.697. The molecule has 0 bridgehead atoms. The third-order valence-electron chi connectivity index (χ3n) is 1.35. The van der Waals surface area contributed by atoms with Crippen LogP contribution in [0.25, 0.3) is 0 Å². The van der Waals surface area contributed by atoms with Crippen molar-refractivity contribution in [3.8, 4) is 0 Å². The van der Waals surface area contributed by atoms with E-state index in [1.54, 1.807) is 14.0 Å². The molecule has 1 rings (SSSR count). The van der Waals surface area contributed by atoms with Crippen LogP contribution in [0.2, 0.25) is 10.3 Å². The van der Waals surface area contributed by atoms with Crippen LogP contribution in [0.15, 0.2) is 0 Å². The molecule has 0 saturated heterocycles. The van der Waals surface area contributed by atoms with Gasteiger partial charge in [0.05, 0.1) is 0 Å². The topological polar surface area (TPSA) is 35.0 Å². The van der Waals surface area contributed by atoms with E-state index in [2.05, 4.69) is 9.97 Å². The van der Waals surface area contributed by atoms with Crippen molar-refractivity contribution in [2.24, 2.45) is 0 Å². The maximum atomic E-state index is 5.76. The number of nitrogens with zero attached hydrogens (tertiary/aromatic N) is 2.